The zero-order valence-corrected chi connectivity index (χ0v) is 17.4. The molecule has 0 unspecified atom stereocenters. The second-order valence-electron chi connectivity index (χ2n) is 8.01. The van der Waals surface area contributed by atoms with Crippen LogP contribution in [0.2, 0.25) is 0 Å². The van der Waals surface area contributed by atoms with Crippen LogP contribution >= 0.6 is 0 Å². The third-order valence-corrected chi connectivity index (χ3v) is 8.32. The summed E-state index contributed by atoms with van der Waals surface area (Å²) in [4.78, 5) is 14.1. The summed E-state index contributed by atoms with van der Waals surface area (Å²) in [6, 6.07) is 2.37. The summed E-state index contributed by atoms with van der Waals surface area (Å²) in [5, 5.41) is 1.02. The molecule has 3 heterocycles. The molecule has 8 nitrogen and oxygen atoms in total. The average molecular weight is 408 g/mol. The van der Waals surface area contributed by atoms with Crippen LogP contribution in [0.4, 0.5) is 5.82 Å². The number of rotatable bonds is 6. The number of aromatic nitrogens is 3. The number of H-pyrrole nitrogens is 1. The number of nitrogens with zero attached hydrogens (tertiary/aromatic N) is 4. The molecule has 1 N–H and O–H groups in total. The van der Waals surface area contributed by atoms with E-state index in [1.54, 1.807) is 17.7 Å². The van der Waals surface area contributed by atoms with Crippen molar-refractivity contribution in [2.75, 3.05) is 37.9 Å². The molecule has 28 heavy (non-hydrogen) atoms. The lowest BCUT2D eigenvalue weighted by molar-refractivity contribution is 0.115. The van der Waals surface area contributed by atoms with Crippen LogP contribution in [0.25, 0.3) is 11.0 Å². The zero-order valence-electron chi connectivity index (χ0n) is 16.5. The molecule has 154 valence electrons. The molecule has 1 aliphatic heterocycles. The highest BCUT2D eigenvalue weighted by Gasteiger charge is 2.35. The van der Waals surface area contributed by atoms with Crippen molar-refractivity contribution < 1.29 is 13.2 Å². The van der Waals surface area contributed by atoms with Crippen LogP contribution in [0.1, 0.15) is 32.1 Å². The maximum atomic E-state index is 12.8. The molecule has 0 amide bonds. The van der Waals surface area contributed by atoms with Gasteiger partial charge in [-0.05, 0) is 44.1 Å². The molecule has 2 aromatic heterocycles. The van der Waals surface area contributed by atoms with E-state index in [0.29, 0.717) is 19.1 Å². The van der Waals surface area contributed by atoms with Gasteiger partial charge in [-0.3, -0.25) is 0 Å². The number of hydrogen-bond acceptors (Lipinski definition) is 6. The molecule has 4 rings (SSSR count). The van der Waals surface area contributed by atoms with Crippen molar-refractivity contribution in [2.45, 2.75) is 44.2 Å². The molecule has 1 saturated carbocycles. The monoisotopic (exact) mass is 407 g/mol. The molecule has 2 fully saturated rings. The number of fused-ring (bicyclic) bond motifs is 1. The molecule has 0 spiro atoms. The molecule has 1 saturated heterocycles. The van der Waals surface area contributed by atoms with Crippen molar-refractivity contribution in [3.05, 3.63) is 18.6 Å². The largest absolute Gasteiger partial charge is 0.380 e. The van der Waals surface area contributed by atoms with E-state index in [1.165, 1.54) is 0 Å². The summed E-state index contributed by atoms with van der Waals surface area (Å²) >= 11 is 0. The van der Waals surface area contributed by atoms with E-state index < -0.39 is 10.0 Å². The fraction of sp³-hybridized carbons (Fsp3) is 0.684. The van der Waals surface area contributed by atoms with E-state index in [-0.39, 0.29) is 17.8 Å². The Kier molecular flexibility index (Phi) is 5.57. The number of nitrogens with one attached hydrogen (secondary N) is 1. The van der Waals surface area contributed by atoms with E-state index in [9.17, 15) is 8.42 Å². The Bertz CT molecular complexity index is 907. The highest BCUT2D eigenvalue weighted by atomic mass is 32.2. The number of sulfonamides is 1. The van der Waals surface area contributed by atoms with Crippen LogP contribution in [0, 0.1) is 5.92 Å². The normalized spacial score (nSPS) is 26.7. The van der Waals surface area contributed by atoms with Gasteiger partial charge in [0, 0.05) is 39.5 Å². The molecule has 0 aromatic carbocycles. The van der Waals surface area contributed by atoms with Gasteiger partial charge in [-0.1, -0.05) is 0 Å². The van der Waals surface area contributed by atoms with Crippen LogP contribution in [0.15, 0.2) is 18.6 Å². The molecule has 2 aromatic rings. The summed E-state index contributed by atoms with van der Waals surface area (Å²) in [7, 11) is 0.526. The summed E-state index contributed by atoms with van der Waals surface area (Å²) in [6.07, 6.45) is 8.11. The van der Waals surface area contributed by atoms with Gasteiger partial charge in [-0.15, -0.1) is 0 Å². The van der Waals surface area contributed by atoms with Gasteiger partial charge >= 0.3 is 0 Å². The van der Waals surface area contributed by atoms with Gasteiger partial charge in [-0.25, -0.2) is 18.4 Å². The van der Waals surface area contributed by atoms with E-state index in [0.717, 1.165) is 49.0 Å². The summed E-state index contributed by atoms with van der Waals surface area (Å²) in [5.74, 6) is 1.43. The van der Waals surface area contributed by atoms with Crippen LogP contribution in [-0.4, -0.2) is 72.8 Å². The second-order valence-corrected chi connectivity index (χ2v) is 10.0. The van der Waals surface area contributed by atoms with Crippen molar-refractivity contribution in [2.24, 2.45) is 5.92 Å². The molecule has 2 aliphatic rings. The lowest BCUT2D eigenvalue weighted by Gasteiger charge is -2.35. The van der Waals surface area contributed by atoms with Gasteiger partial charge in [0.2, 0.25) is 10.0 Å². The van der Waals surface area contributed by atoms with Gasteiger partial charge in [0.1, 0.15) is 17.8 Å². The highest BCUT2D eigenvalue weighted by molar-refractivity contribution is 7.89. The van der Waals surface area contributed by atoms with Gasteiger partial charge in [0.25, 0.3) is 0 Å². The minimum Gasteiger partial charge on any atom is -0.380 e. The van der Waals surface area contributed by atoms with E-state index >= 15 is 0 Å². The van der Waals surface area contributed by atoms with Crippen molar-refractivity contribution in [3.63, 3.8) is 0 Å². The molecule has 0 radical (unpaired) electrons. The average Bonchev–Trinajstić information content (AvgIpc) is 3.37. The van der Waals surface area contributed by atoms with E-state index in [2.05, 4.69) is 26.9 Å². The quantitative estimate of drug-likeness (QED) is 0.788. The van der Waals surface area contributed by atoms with Gasteiger partial charge < -0.3 is 14.6 Å². The lowest BCUT2D eigenvalue weighted by Crippen LogP contribution is -2.39. The molecular weight excluding hydrogens is 378 g/mol. The Morgan fingerprint density at radius 3 is 2.75 bits per heavy atom. The minimum absolute atomic E-state index is 0.0392. The molecule has 9 heteroatoms. The van der Waals surface area contributed by atoms with Crippen molar-refractivity contribution in [1.29, 1.82) is 0 Å². The van der Waals surface area contributed by atoms with Crippen LogP contribution in [-0.2, 0) is 14.8 Å². The SMILES string of the molecule is CO[C@@H]1CCN(S(=O)(=O)CC2CCC(N(C)c3ncnc4[nH]ccc34)CC2)C1. The van der Waals surface area contributed by atoms with Crippen LogP contribution in [0.5, 0.6) is 0 Å². The number of methoxy groups -OCH3 is 1. The fourth-order valence-corrected chi connectivity index (χ4v) is 6.47. The van der Waals surface area contributed by atoms with Gasteiger partial charge in [0.15, 0.2) is 0 Å². The summed E-state index contributed by atoms with van der Waals surface area (Å²) in [5.41, 5.74) is 0.844. The predicted molar refractivity (Wildman–Crippen MR) is 109 cm³/mol. The molecule has 0 bridgehead atoms. The number of ether oxygens (including phenoxy) is 1. The maximum absolute atomic E-state index is 12.8. The second kappa shape index (κ2) is 7.96. The Hall–Kier alpha value is -1.71. The van der Waals surface area contributed by atoms with E-state index in [4.69, 9.17) is 4.74 Å². The minimum atomic E-state index is -3.20. The molecule has 1 atom stereocenters. The number of hydrogen-bond donors (Lipinski definition) is 1. The van der Waals surface area contributed by atoms with Crippen LogP contribution < -0.4 is 4.90 Å². The smallest absolute Gasteiger partial charge is 0.214 e. The van der Waals surface area contributed by atoms with Crippen molar-refractivity contribution >= 4 is 26.9 Å². The Labute approximate surface area is 166 Å². The first-order valence-corrected chi connectivity index (χ1v) is 11.6. The van der Waals surface area contributed by atoms with Crippen molar-refractivity contribution in [3.8, 4) is 0 Å². The Balaban J connectivity index is 1.35. The van der Waals surface area contributed by atoms with Gasteiger partial charge in [0.05, 0.1) is 17.2 Å². The maximum Gasteiger partial charge on any atom is 0.214 e. The van der Waals surface area contributed by atoms with Crippen LogP contribution in [0.3, 0.4) is 0 Å². The third-order valence-electron chi connectivity index (χ3n) is 6.31. The topological polar surface area (TPSA) is 91.4 Å². The molecular formula is C19H29N5O3S. The Morgan fingerprint density at radius 1 is 1.25 bits per heavy atom. The number of anilines is 1. The van der Waals surface area contributed by atoms with Gasteiger partial charge in [-0.2, -0.15) is 4.31 Å². The first-order valence-electron chi connectivity index (χ1n) is 9.99. The summed E-state index contributed by atoms with van der Waals surface area (Å²) in [6.45, 7) is 1.08. The Morgan fingerprint density at radius 2 is 2.04 bits per heavy atom. The van der Waals surface area contributed by atoms with Crippen molar-refractivity contribution in [1.82, 2.24) is 19.3 Å². The number of aromatic amines is 1. The molecule has 1 aliphatic carbocycles. The predicted octanol–water partition coefficient (Wildman–Crippen LogP) is 2.00. The zero-order chi connectivity index (χ0) is 19.7. The lowest BCUT2D eigenvalue weighted by atomic mass is 9.86. The third kappa shape index (κ3) is 3.88. The highest BCUT2D eigenvalue weighted by Crippen LogP contribution is 2.32. The fourth-order valence-electron chi connectivity index (χ4n) is 4.56. The first-order chi connectivity index (χ1) is 13.5. The first kappa shape index (κ1) is 19.6. The van der Waals surface area contributed by atoms with E-state index in [1.807, 2.05) is 12.3 Å². The standard InChI is InChI=1S/C19H29N5O3S/c1-23(19-17-7-9-20-18(17)21-13-22-19)15-5-3-14(4-6-15)12-28(25,26)24-10-8-16(11-24)27-2/h7,9,13-16H,3-6,8,10-12H2,1-2H3,(H,20,21,22)/t14?,15?,16-/m1/s1. The summed E-state index contributed by atoms with van der Waals surface area (Å²) < 4.78 is 32.4.